The van der Waals surface area contributed by atoms with Crippen molar-refractivity contribution < 1.29 is 23.0 Å². The maximum Gasteiger partial charge on any atom is 0.260 e. The van der Waals surface area contributed by atoms with Crippen LogP contribution in [0.2, 0.25) is 0 Å². The van der Waals surface area contributed by atoms with Crippen LogP contribution in [0.5, 0.6) is 11.5 Å². The lowest BCUT2D eigenvalue weighted by Gasteiger charge is -2.32. The van der Waals surface area contributed by atoms with E-state index in [-0.39, 0.29) is 30.8 Å². The van der Waals surface area contributed by atoms with Crippen molar-refractivity contribution >= 4 is 24.1 Å². The number of rotatable bonds is 6. The first-order valence-corrected chi connectivity index (χ1v) is 13.3. The normalized spacial score (nSPS) is 23.3. The summed E-state index contributed by atoms with van der Waals surface area (Å²) in [6, 6.07) is 11.4. The zero-order chi connectivity index (χ0) is 27.3. The molecule has 2 saturated heterocycles. The number of aromatic nitrogens is 2. The quantitative estimate of drug-likeness (QED) is 0.434. The lowest BCUT2D eigenvalue weighted by Crippen LogP contribution is -2.31. The van der Waals surface area contributed by atoms with Gasteiger partial charge in [0.1, 0.15) is 11.9 Å². The van der Waals surface area contributed by atoms with Gasteiger partial charge >= 0.3 is 0 Å². The number of likely N-dealkylation sites (tertiary alicyclic amines) is 1. The zero-order valence-electron chi connectivity index (χ0n) is 22.7. The number of carbonyl (C=O) groups excluding carboxylic acids is 1. The third kappa shape index (κ3) is 4.99. The van der Waals surface area contributed by atoms with Crippen molar-refractivity contribution in [2.45, 2.75) is 31.9 Å². The van der Waals surface area contributed by atoms with Gasteiger partial charge in [-0.25, -0.2) is 13.5 Å². The van der Waals surface area contributed by atoms with Crippen LogP contribution >= 0.6 is 12.4 Å². The molecule has 8 nitrogen and oxygen atoms in total. The SMILES string of the molecule is COc1ccc(C2CC(C(F)F)n3nc(-c4ccc(C(=O)N5CC6CNCC6C5)cc4C)cc3N2)cc1OC.Cl. The summed E-state index contributed by atoms with van der Waals surface area (Å²) in [6.45, 7) is 5.44. The lowest BCUT2D eigenvalue weighted by atomic mass is 9.97. The number of hydrogen-bond donors (Lipinski definition) is 2. The first-order valence-electron chi connectivity index (χ1n) is 13.3. The van der Waals surface area contributed by atoms with E-state index in [4.69, 9.17) is 9.47 Å². The molecule has 214 valence electrons. The van der Waals surface area contributed by atoms with Gasteiger partial charge in [0.2, 0.25) is 0 Å². The summed E-state index contributed by atoms with van der Waals surface area (Å²) < 4.78 is 40.6. The second kappa shape index (κ2) is 11.2. The molecule has 40 heavy (non-hydrogen) atoms. The van der Waals surface area contributed by atoms with Crippen LogP contribution in [0.3, 0.4) is 0 Å². The number of carbonyl (C=O) groups is 1. The van der Waals surface area contributed by atoms with Gasteiger partial charge in [0, 0.05) is 43.4 Å². The Morgan fingerprint density at radius 3 is 2.40 bits per heavy atom. The molecule has 2 N–H and O–H groups in total. The molecule has 4 heterocycles. The number of anilines is 1. The fourth-order valence-electron chi connectivity index (χ4n) is 6.25. The van der Waals surface area contributed by atoms with Gasteiger partial charge in [0.15, 0.2) is 11.5 Å². The topological polar surface area (TPSA) is 80.7 Å². The van der Waals surface area contributed by atoms with Crippen LogP contribution in [0.4, 0.5) is 14.6 Å². The Labute approximate surface area is 238 Å². The van der Waals surface area contributed by atoms with Crippen LogP contribution in [0, 0.1) is 18.8 Å². The second-order valence-corrected chi connectivity index (χ2v) is 10.7. The van der Waals surface area contributed by atoms with Gasteiger partial charge in [-0.3, -0.25) is 4.79 Å². The third-order valence-electron chi connectivity index (χ3n) is 8.38. The number of aryl methyl sites for hydroxylation is 1. The Balaban J connectivity index is 0.00000323. The monoisotopic (exact) mass is 573 g/mol. The van der Waals surface area contributed by atoms with E-state index in [1.807, 2.05) is 42.2 Å². The van der Waals surface area contributed by atoms with Crippen molar-refractivity contribution in [2.75, 3.05) is 45.7 Å². The summed E-state index contributed by atoms with van der Waals surface area (Å²) in [4.78, 5) is 15.1. The Hall–Kier alpha value is -3.37. The van der Waals surface area contributed by atoms with Crippen molar-refractivity contribution in [3.63, 3.8) is 0 Å². The molecule has 4 atom stereocenters. The molecule has 3 aromatic rings. The summed E-state index contributed by atoms with van der Waals surface area (Å²) in [5.74, 6) is 2.76. The molecule has 1 amide bonds. The van der Waals surface area contributed by atoms with Crippen molar-refractivity contribution in [1.82, 2.24) is 20.0 Å². The Morgan fingerprint density at radius 1 is 1.02 bits per heavy atom. The van der Waals surface area contributed by atoms with Crippen molar-refractivity contribution in [3.05, 3.63) is 59.2 Å². The average molecular weight is 574 g/mol. The molecule has 3 aliphatic rings. The minimum atomic E-state index is -2.59. The number of fused-ring (bicyclic) bond motifs is 2. The highest BCUT2D eigenvalue weighted by Crippen LogP contribution is 2.42. The van der Waals surface area contributed by atoms with E-state index in [1.165, 1.54) is 4.68 Å². The Kier molecular flexibility index (Phi) is 7.92. The van der Waals surface area contributed by atoms with Crippen molar-refractivity contribution in [1.29, 1.82) is 0 Å². The van der Waals surface area contributed by atoms with E-state index >= 15 is 0 Å². The van der Waals surface area contributed by atoms with Crippen molar-refractivity contribution in [3.8, 4) is 22.8 Å². The Bertz CT molecular complexity index is 1390. The summed E-state index contributed by atoms with van der Waals surface area (Å²) in [6.07, 6.45) is -2.42. The molecule has 0 aliphatic carbocycles. The minimum Gasteiger partial charge on any atom is -0.493 e. The molecule has 4 unspecified atom stereocenters. The van der Waals surface area contributed by atoms with Crippen LogP contribution in [0.1, 0.15) is 40.0 Å². The van der Waals surface area contributed by atoms with Gasteiger partial charge in [-0.1, -0.05) is 12.1 Å². The second-order valence-electron chi connectivity index (χ2n) is 10.7. The van der Waals surface area contributed by atoms with E-state index in [0.717, 1.165) is 42.9 Å². The predicted molar refractivity (Wildman–Crippen MR) is 151 cm³/mol. The minimum absolute atomic E-state index is 0. The number of halogens is 3. The van der Waals surface area contributed by atoms with E-state index < -0.39 is 12.5 Å². The molecular weight excluding hydrogens is 540 g/mol. The number of alkyl halides is 2. The summed E-state index contributed by atoms with van der Waals surface area (Å²) in [5.41, 5.74) is 3.75. The van der Waals surface area contributed by atoms with Gasteiger partial charge in [-0.05, 0) is 60.6 Å². The number of ether oxygens (including phenoxy) is 2. The molecule has 1 aromatic heterocycles. The fourth-order valence-corrected chi connectivity index (χ4v) is 6.25. The highest BCUT2D eigenvalue weighted by Gasteiger charge is 2.38. The van der Waals surface area contributed by atoms with Crippen LogP contribution in [-0.2, 0) is 0 Å². The van der Waals surface area contributed by atoms with Crippen LogP contribution < -0.4 is 20.1 Å². The van der Waals surface area contributed by atoms with Gasteiger partial charge in [-0.15, -0.1) is 12.4 Å². The third-order valence-corrected chi connectivity index (χ3v) is 8.38. The molecule has 2 fully saturated rings. The fraction of sp³-hybridized carbons (Fsp3) is 0.448. The lowest BCUT2D eigenvalue weighted by molar-refractivity contribution is 0.0659. The highest BCUT2D eigenvalue weighted by molar-refractivity contribution is 5.95. The highest BCUT2D eigenvalue weighted by atomic mass is 35.5. The number of nitrogens with one attached hydrogen (secondary N) is 2. The molecule has 0 saturated carbocycles. The molecule has 0 bridgehead atoms. The van der Waals surface area contributed by atoms with Crippen molar-refractivity contribution in [2.24, 2.45) is 11.8 Å². The zero-order valence-corrected chi connectivity index (χ0v) is 23.5. The molecule has 2 aromatic carbocycles. The van der Waals surface area contributed by atoms with Crippen LogP contribution in [0.15, 0.2) is 42.5 Å². The van der Waals surface area contributed by atoms with E-state index in [1.54, 1.807) is 26.4 Å². The van der Waals surface area contributed by atoms with E-state index in [9.17, 15) is 13.6 Å². The number of hydrogen-bond acceptors (Lipinski definition) is 6. The van der Waals surface area contributed by atoms with Gasteiger partial charge in [0.05, 0.1) is 26.0 Å². The first-order chi connectivity index (χ1) is 18.9. The number of methoxy groups -OCH3 is 2. The van der Waals surface area contributed by atoms with Gasteiger partial charge < -0.3 is 25.0 Å². The molecule has 11 heteroatoms. The standard InChI is InChI=1S/C29H33F2N5O3.ClH/c1-16-8-18(29(37)35-14-19-12-32-13-20(19)15-35)4-6-21(16)23-11-27-33-22(10-24(28(30)31)36(27)34-23)17-5-7-25(38-2)26(9-17)39-3;/h4-9,11,19-20,22,24,28,32-33H,10,12-15H2,1-3H3;1H. The summed E-state index contributed by atoms with van der Waals surface area (Å²) in [7, 11) is 3.11. The molecule has 3 aliphatic heterocycles. The molecule has 6 rings (SSSR count). The smallest absolute Gasteiger partial charge is 0.260 e. The average Bonchev–Trinajstić information content (AvgIpc) is 3.66. The maximum atomic E-state index is 14.2. The largest absolute Gasteiger partial charge is 0.493 e. The van der Waals surface area contributed by atoms with Gasteiger partial charge in [0.25, 0.3) is 12.3 Å². The first kappa shape index (κ1) is 28.2. The summed E-state index contributed by atoms with van der Waals surface area (Å²) in [5, 5.41) is 11.4. The molecular formula is C29H34ClF2N5O3. The number of benzene rings is 2. The summed E-state index contributed by atoms with van der Waals surface area (Å²) >= 11 is 0. The molecule has 0 radical (unpaired) electrons. The maximum absolute atomic E-state index is 14.2. The molecule has 0 spiro atoms. The van der Waals surface area contributed by atoms with Gasteiger partial charge in [-0.2, -0.15) is 5.10 Å². The Morgan fingerprint density at radius 2 is 1.75 bits per heavy atom. The van der Waals surface area contributed by atoms with E-state index in [2.05, 4.69) is 15.7 Å². The van der Waals surface area contributed by atoms with E-state index in [0.29, 0.717) is 40.4 Å². The van der Waals surface area contributed by atoms with Crippen LogP contribution in [-0.4, -0.2) is 67.4 Å². The number of nitrogens with zero attached hydrogens (tertiary/aromatic N) is 3. The predicted octanol–water partition coefficient (Wildman–Crippen LogP) is 4.95. The van der Waals surface area contributed by atoms with Crippen LogP contribution in [0.25, 0.3) is 11.3 Å². The number of amides is 1.